The zero-order valence-corrected chi connectivity index (χ0v) is 8.71. The fraction of sp³-hybridized carbons (Fsp3) is 0.182. The minimum Gasteiger partial charge on any atom is -0.477 e. The van der Waals surface area contributed by atoms with Crippen molar-refractivity contribution in [2.24, 2.45) is 0 Å². The lowest BCUT2D eigenvalue weighted by Crippen LogP contribution is -2.02. The molecule has 0 aliphatic heterocycles. The van der Waals surface area contributed by atoms with E-state index in [4.69, 9.17) is 10.2 Å². The Morgan fingerprint density at radius 2 is 2.18 bits per heavy atom. The van der Waals surface area contributed by atoms with Gasteiger partial charge in [-0.1, -0.05) is 11.8 Å². The van der Waals surface area contributed by atoms with Crippen molar-refractivity contribution >= 4 is 11.7 Å². The molecule has 0 bridgehead atoms. The third-order valence-corrected chi connectivity index (χ3v) is 1.89. The molecule has 0 radical (unpaired) electrons. The van der Waals surface area contributed by atoms with E-state index < -0.39 is 22.1 Å². The van der Waals surface area contributed by atoms with Crippen molar-refractivity contribution in [3.05, 3.63) is 39.4 Å². The fourth-order valence-electron chi connectivity index (χ4n) is 1.16. The zero-order valence-electron chi connectivity index (χ0n) is 8.71. The van der Waals surface area contributed by atoms with Crippen LogP contribution in [0, 0.1) is 22.0 Å². The third-order valence-electron chi connectivity index (χ3n) is 1.89. The van der Waals surface area contributed by atoms with Crippen LogP contribution >= 0.6 is 0 Å². The molecule has 0 unspecified atom stereocenters. The van der Waals surface area contributed by atoms with Crippen molar-refractivity contribution in [1.29, 1.82) is 0 Å². The predicted molar refractivity (Wildman–Crippen MR) is 58.6 cm³/mol. The topological polar surface area (TPSA) is 101 Å². The Bertz CT molecular complexity index is 512. The van der Waals surface area contributed by atoms with Crippen LogP contribution in [0.5, 0.6) is 0 Å². The smallest absolute Gasteiger partial charge is 0.342 e. The quantitative estimate of drug-likeness (QED) is 0.463. The average molecular weight is 235 g/mol. The van der Waals surface area contributed by atoms with E-state index in [1.54, 1.807) is 0 Å². The van der Waals surface area contributed by atoms with Gasteiger partial charge in [-0.2, -0.15) is 0 Å². The number of aliphatic hydroxyl groups excluding tert-OH is 1. The van der Waals surface area contributed by atoms with Crippen LogP contribution in [-0.2, 0) is 0 Å². The van der Waals surface area contributed by atoms with Crippen LogP contribution in [-0.4, -0.2) is 27.7 Å². The summed E-state index contributed by atoms with van der Waals surface area (Å²) < 4.78 is 0. The summed E-state index contributed by atoms with van der Waals surface area (Å²) in [4.78, 5) is 20.6. The highest BCUT2D eigenvalue weighted by Gasteiger charge is 2.19. The molecule has 88 valence electrons. The van der Waals surface area contributed by atoms with Gasteiger partial charge in [-0.05, 0) is 12.1 Å². The number of aliphatic hydroxyl groups is 1. The van der Waals surface area contributed by atoms with Crippen molar-refractivity contribution in [3.8, 4) is 11.8 Å². The molecule has 0 aliphatic carbocycles. The molecule has 0 amide bonds. The first-order valence-corrected chi connectivity index (χ1v) is 4.67. The van der Waals surface area contributed by atoms with Gasteiger partial charge in [0.25, 0.3) is 5.69 Å². The summed E-state index contributed by atoms with van der Waals surface area (Å²) in [5.74, 6) is 3.84. The minimum absolute atomic E-state index is 0.0915. The Morgan fingerprint density at radius 3 is 2.71 bits per heavy atom. The molecule has 1 aromatic rings. The van der Waals surface area contributed by atoms with E-state index in [0.29, 0.717) is 5.56 Å². The number of nitrogens with zero attached hydrogens (tertiary/aromatic N) is 1. The van der Waals surface area contributed by atoms with Gasteiger partial charge in [0.15, 0.2) is 0 Å². The highest BCUT2D eigenvalue weighted by Crippen LogP contribution is 2.19. The van der Waals surface area contributed by atoms with Gasteiger partial charge in [0, 0.05) is 18.1 Å². The number of aromatic carboxylic acids is 1. The second-order valence-electron chi connectivity index (χ2n) is 3.07. The Hall–Kier alpha value is -2.39. The van der Waals surface area contributed by atoms with Gasteiger partial charge in [0.05, 0.1) is 11.5 Å². The number of carbonyl (C=O) groups is 1. The number of carboxylic acid groups (broad SMARTS) is 1. The van der Waals surface area contributed by atoms with Crippen LogP contribution in [0.2, 0.25) is 0 Å². The number of benzene rings is 1. The summed E-state index contributed by atoms with van der Waals surface area (Å²) in [5.41, 5.74) is -0.502. The standard InChI is InChI=1S/C11H9NO5/c13-6-2-1-3-8-4-5-10(12(16)17)9(7-8)11(14)15/h4-5,7,13H,2,6H2,(H,14,15). The molecule has 0 saturated heterocycles. The molecule has 1 rings (SSSR count). The number of rotatable bonds is 3. The second kappa shape index (κ2) is 5.63. The summed E-state index contributed by atoms with van der Waals surface area (Å²) in [7, 11) is 0. The largest absolute Gasteiger partial charge is 0.477 e. The molecular weight excluding hydrogens is 226 g/mol. The molecule has 0 aliphatic rings. The maximum Gasteiger partial charge on any atom is 0.342 e. The molecule has 0 spiro atoms. The first-order valence-electron chi connectivity index (χ1n) is 4.67. The van der Waals surface area contributed by atoms with Crippen LogP contribution in [0.25, 0.3) is 0 Å². The summed E-state index contributed by atoms with van der Waals surface area (Å²) in [6.45, 7) is -0.0915. The van der Waals surface area contributed by atoms with E-state index in [0.717, 1.165) is 12.1 Å². The molecule has 0 atom stereocenters. The summed E-state index contributed by atoms with van der Waals surface area (Å²) in [6, 6.07) is 3.62. The van der Waals surface area contributed by atoms with Gasteiger partial charge in [0.1, 0.15) is 5.56 Å². The maximum atomic E-state index is 10.8. The van der Waals surface area contributed by atoms with Gasteiger partial charge >= 0.3 is 5.97 Å². The second-order valence-corrected chi connectivity index (χ2v) is 3.07. The fourth-order valence-corrected chi connectivity index (χ4v) is 1.16. The molecule has 0 heterocycles. The minimum atomic E-state index is -1.37. The van der Waals surface area contributed by atoms with Crippen molar-refractivity contribution in [2.45, 2.75) is 6.42 Å². The van der Waals surface area contributed by atoms with Crippen LogP contribution in [0.1, 0.15) is 22.3 Å². The number of hydrogen-bond acceptors (Lipinski definition) is 4. The lowest BCUT2D eigenvalue weighted by molar-refractivity contribution is -0.385. The first-order chi connectivity index (χ1) is 8.06. The van der Waals surface area contributed by atoms with Gasteiger partial charge < -0.3 is 10.2 Å². The van der Waals surface area contributed by atoms with Crippen LogP contribution in [0.4, 0.5) is 5.69 Å². The first kappa shape index (κ1) is 12.7. The molecule has 2 N–H and O–H groups in total. The van der Waals surface area contributed by atoms with Crippen LogP contribution in [0.3, 0.4) is 0 Å². The van der Waals surface area contributed by atoms with Crippen LogP contribution in [0.15, 0.2) is 18.2 Å². The summed E-state index contributed by atoms with van der Waals surface area (Å²) in [5, 5.41) is 27.9. The molecule has 6 nitrogen and oxygen atoms in total. The monoisotopic (exact) mass is 235 g/mol. The number of carboxylic acids is 1. The van der Waals surface area contributed by atoms with E-state index in [-0.39, 0.29) is 13.0 Å². The molecule has 1 aromatic carbocycles. The van der Waals surface area contributed by atoms with E-state index in [1.807, 2.05) is 0 Å². The van der Waals surface area contributed by atoms with E-state index in [1.165, 1.54) is 6.07 Å². The molecule has 0 saturated carbocycles. The van der Waals surface area contributed by atoms with Crippen LogP contribution < -0.4 is 0 Å². The number of hydrogen-bond donors (Lipinski definition) is 2. The Kier molecular flexibility index (Phi) is 4.20. The van der Waals surface area contributed by atoms with Gasteiger partial charge in [0.2, 0.25) is 0 Å². The SMILES string of the molecule is O=C(O)c1cc(C#CCCO)ccc1[N+](=O)[O-]. The summed E-state index contributed by atoms with van der Waals surface area (Å²) >= 11 is 0. The lowest BCUT2D eigenvalue weighted by Gasteiger charge is -1.98. The molecular formula is C11H9NO5. The van der Waals surface area contributed by atoms with Gasteiger partial charge in [-0.3, -0.25) is 10.1 Å². The normalized spacial score (nSPS) is 9.24. The van der Waals surface area contributed by atoms with E-state index >= 15 is 0 Å². The third kappa shape index (κ3) is 3.29. The van der Waals surface area contributed by atoms with Crippen molar-refractivity contribution in [3.63, 3.8) is 0 Å². The predicted octanol–water partition coefficient (Wildman–Crippen LogP) is 1.03. The average Bonchev–Trinajstić information content (AvgIpc) is 2.29. The van der Waals surface area contributed by atoms with Crippen molar-refractivity contribution in [1.82, 2.24) is 0 Å². The molecule has 0 aromatic heterocycles. The molecule has 17 heavy (non-hydrogen) atoms. The lowest BCUT2D eigenvalue weighted by atomic mass is 10.1. The van der Waals surface area contributed by atoms with Gasteiger partial charge in [-0.25, -0.2) is 4.79 Å². The van der Waals surface area contributed by atoms with E-state index in [2.05, 4.69) is 11.8 Å². The zero-order chi connectivity index (χ0) is 12.8. The van der Waals surface area contributed by atoms with Gasteiger partial charge in [-0.15, -0.1) is 0 Å². The highest BCUT2D eigenvalue weighted by atomic mass is 16.6. The van der Waals surface area contributed by atoms with Crippen molar-refractivity contribution in [2.75, 3.05) is 6.61 Å². The van der Waals surface area contributed by atoms with E-state index in [9.17, 15) is 14.9 Å². The number of nitro groups is 1. The highest BCUT2D eigenvalue weighted by molar-refractivity contribution is 5.92. The number of nitro benzene ring substituents is 1. The maximum absolute atomic E-state index is 10.8. The Labute approximate surface area is 96.7 Å². The molecule has 0 fully saturated rings. The Morgan fingerprint density at radius 1 is 1.47 bits per heavy atom. The molecule has 6 heteroatoms. The Balaban J connectivity index is 3.16. The van der Waals surface area contributed by atoms with Crippen molar-refractivity contribution < 1.29 is 19.9 Å². The summed E-state index contributed by atoms with van der Waals surface area (Å²) in [6.07, 6.45) is 0.263.